The van der Waals surface area contributed by atoms with Gasteiger partial charge in [0.1, 0.15) is 5.75 Å². The van der Waals surface area contributed by atoms with Gasteiger partial charge in [0.25, 0.3) is 0 Å². The quantitative estimate of drug-likeness (QED) is 0.880. The van der Waals surface area contributed by atoms with Crippen LogP contribution in [0.25, 0.3) is 0 Å². The van der Waals surface area contributed by atoms with Crippen molar-refractivity contribution in [1.82, 2.24) is 0 Å². The van der Waals surface area contributed by atoms with Crippen molar-refractivity contribution in [2.75, 3.05) is 25.2 Å². The summed E-state index contributed by atoms with van der Waals surface area (Å²) in [4.78, 5) is 14.6. The minimum Gasteiger partial charge on any atom is -0.406 e. The molecule has 5 nitrogen and oxygen atoms in total. The first-order valence-corrected chi connectivity index (χ1v) is 8.56. The van der Waals surface area contributed by atoms with Gasteiger partial charge >= 0.3 is 6.36 Å². The molecule has 1 aromatic rings. The van der Waals surface area contributed by atoms with E-state index in [1.165, 1.54) is 31.4 Å². The van der Waals surface area contributed by atoms with E-state index in [0.29, 0.717) is 44.3 Å². The average molecular weight is 373 g/mol. The third kappa shape index (κ3) is 3.81. The zero-order valence-corrected chi connectivity index (χ0v) is 14.5. The van der Waals surface area contributed by atoms with Crippen LogP contribution in [-0.4, -0.2) is 43.2 Å². The molecule has 1 amide bonds. The lowest BCUT2D eigenvalue weighted by molar-refractivity contribution is -0.274. The molecule has 8 heteroatoms. The second-order valence-electron chi connectivity index (χ2n) is 7.19. The Balaban J connectivity index is 1.68. The van der Waals surface area contributed by atoms with Gasteiger partial charge < -0.3 is 19.5 Å². The van der Waals surface area contributed by atoms with Crippen LogP contribution in [0.2, 0.25) is 0 Å². The highest BCUT2D eigenvalue weighted by atomic mass is 19.4. The number of halogens is 3. The van der Waals surface area contributed by atoms with Gasteiger partial charge in [-0.3, -0.25) is 4.79 Å². The van der Waals surface area contributed by atoms with Gasteiger partial charge in [0, 0.05) is 19.3 Å². The van der Waals surface area contributed by atoms with E-state index < -0.39 is 17.4 Å². The van der Waals surface area contributed by atoms with Gasteiger partial charge in [-0.15, -0.1) is 13.2 Å². The Kier molecular flexibility index (Phi) is 4.92. The van der Waals surface area contributed by atoms with Gasteiger partial charge in [-0.1, -0.05) is 0 Å². The van der Waals surface area contributed by atoms with Crippen molar-refractivity contribution in [2.45, 2.75) is 44.1 Å². The summed E-state index contributed by atoms with van der Waals surface area (Å²) in [6.45, 7) is 0.767. The molecule has 1 N–H and O–H groups in total. The van der Waals surface area contributed by atoms with Gasteiger partial charge in [0.15, 0.2) is 0 Å². The van der Waals surface area contributed by atoms with Crippen LogP contribution in [0, 0.1) is 5.41 Å². The molecule has 0 atom stereocenters. The minimum atomic E-state index is -4.74. The number of alkyl halides is 3. The lowest BCUT2D eigenvalue weighted by atomic mass is 9.68. The number of anilines is 1. The SMILES string of the molecule is COC[C@]1(O)CC[C@]2(CCN(c3ccc(OC(F)(F)F)cc3)C2=O)CC1. The molecule has 0 bridgehead atoms. The van der Waals surface area contributed by atoms with Gasteiger partial charge in [0.05, 0.1) is 17.6 Å². The number of carbonyl (C=O) groups is 1. The maximum Gasteiger partial charge on any atom is 0.573 e. The van der Waals surface area contributed by atoms with E-state index in [1.807, 2.05) is 0 Å². The summed E-state index contributed by atoms with van der Waals surface area (Å²) < 4.78 is 45.7. The molecular formula is C18H22F3NO4. The first-order valence-electron chi connectivity index (χ1n) is 8.56. The molecule has 1 heterocycles. The van der Waals surface area contributed by atoms with Crippen molar-refractivity contribution in [3.63, 3.8) is 0 Å². The van der Waals surface area contributed by atoms with E-state index in [4.69, 9.17) is 4.74 Å². The highest BCUT2D eigenvalue weighted by Gasteiger charge is 2.51. The summed E-state index contributed by atoms with van der Waals surface area (Å²) in [5.74, 6) is -0.341. The first kappa shape index (κ1) is 19.0. The average Bonchev–Trinajstić information content (AvgIpc) is 2.88. The molecule has 0 unspecified atom stereocenters. The van der Waals surface area contributed by atoms with E-state index in [-0.39, 0.29) is 18.3 Å². The second-order valence-corrected chi connectivity index (χ2v) is 7.19. The van der Waals surface area contributed by atoms with Gasteiger partial charge in [-0.25, -0.2) is 0 Å². The van der Waals surface area contributed by atoms with E-state index in [1.54, 1.807) is 4.90 Å². The number of hydrogen-bond donors (Lipinski definition) is 1. The van der Waals surface area contributed by atoms with Gasteiger partial charge in [0.2, 0.25) is 5.91 Å². The molecular weight excluding hydrogens is 351 g/mol. The molecule has 3 rings (SSSR count). The Hall–Kier alpha value is -1.80. The fraction of sp³-hybridized carbons (Fsp3) is 0.611. The van der Waals surface area contributed by atoms with Crippen LogP contribution < -0.4 is 9.64 Å². The maximum atomic E-state index is 13.0. The molecule has 0 radical (unpaired) electrons. The summed E-state index contributed by atoms with van der Waals surface area (Å²) in [5, 5.41) is 10.5. The molecule has 1 saturated carbocycles. The number of nitrogens with zero attached hydrogens (tertiary/aromatic N) is 1. The molecule has 1 aromatic carbocycles. The first-order chi connectivity index (χ1) is 12.2. The molecule has 1 aliphatic heterocycles. The summed E-state index contributed by atoms with van der Waals surface area (Å²) in [5.41, 5.74) is -0.829. The second kappa shape index (κ2) is 6.74. The van der Waals surface area contributed by atoms with Crippen LogP contribution >= 0.6 is 0 Å². The lowest BCUT2D eigenvalue weighted by Crippen LogP contribution is -2.45. The summed E-state index contributed by atoms with van der Waals surface area (Å²) in [6.07, 6.45) is -1.90. The zero-order valence-electron chi connectivity index (χ0n) is 14.5. The van der Waals surface area contributed by atoms with Crippen molar-refractivity contribution in [3.05, 3.63) is 24.3 Å². The minimum absolute atomic E-state index is 0.0264. The molecule has 0 aromatic heterocycles. The normalized spacial score (nSPS) is 29.4. The van der Waals surface area contributed by atoms with Crippen LogP contribution in [0.15, 0.2) is 24.3 Å². The van der Waals surface area contributed by atoms with E-state index in [2.05, 4.69) is 4.74 Å². The van der Waals surface area contributed by atoms with Gasteiger partial charge in [-0.05, 0) is 56.4 Å². The van der Waals surface area contributed by atoms with Crippen LogP contribution in [0.1, 0.15) is 32.1 Å². The van der Waals surface area contributed by atoms with Crippen LogP contribution in [-0.2, 0) is 9.53 Å². The standard InChI is InChI=1S/C18H22F3NO4/c1-25-12-17(24)8-6-16(7-9-17)10-11-22(15(16)23)13-2-4-14(5-3-13)26-18(19,20)21/h2-5,24H,6-12H2,1H3/t16-,17+. The number of methoxy groups -OCH3 is 1. The summed E-state index contributed by atoms with van der Waals surface area (Å²) in [6, 6.07) is 5.34. The maximum absolute atomic E-state index is 13.0. The number of hydrogen-bond acceptors (Lipinski definition) is 4. The smallest absolute Gasteiger partial charge is 0.406 e. The monoisotopic (exact) mass is 373 g/mol. The molecule has 1 spiro atoms. The highest BCUT2D eigenvalue weighted by molar-refractivity contribution is 6.00. The summed E-state index contributed by atoms with van der Waals surface area (Å²) >= 11 is 0. The number of ether oxygens (including phenoxy) is 2. The van der Waals surface area contributed by atoms with Crippen LogP contribution in [0.4, 0.5) is 18.9 Å². The molecule has 144 valence electrons. The Morgan fingerprint density at radius 3 is 2.27 bits per heavy atom. The van der Waals surface area contributed by atoms with Crippen LogP contribution in [0.3, 0.4) is 0 Å². The summed E-state index contributed by atoms with van der Waals surface area (Å²) in [7, 11) is 1.54. The third-order valence-corrected chi connectivity index (χ3v) is 5.45. The number of carbonyl (C=O) groups excluding carboxylic acids is 1. The topological polar surface area (TPSA) is 59.0 Å². The number of aliphatic hydroxyl groups is 1. The Morgan fingerprint density at radius 2 is 1.73 bits per heavy atom. The van der Waals surface area contributed by atoms with E-state index in [9.17, 15) is 23.1 Å². The zero-order chi connectivity index (χ0) is 19.0. The lowest BCUT2D eigenvalue weighted by Gasteiger charge is -2.40. The van der Waals surface area contributed by atoms with Crippen molar-refractivity contribution in [3.8, 4) is 5.75 Å². The van der Waals surface area contributed by atoms with Crippen molar-refractivity contribution in [1.29, 1.82) is 0 Å². The number of amides is 1. The largest absolute Gasteiger partial charge is 0.573 e. The Labute approximate surface area is 149 Å². The predicted octanol–water partition coefficient (Wildman–Crippen LogP) is 3.26. The van der Waals surface area contributed by atoms with E-state index in [0.717, 1.165) is 0 Å². The molecule has 1 saturated heterocycles. The predicted molar refractivity (Wildman–Crippen MR) is 87.8 cm³/mol. The van der Waals surface area contributed by atoms with Crippen molar-refractivity contribution in [2.24, 2.45) is 5.41 Å². The molecule has 2 fully saturated rings. The van der Waals surface area contributed by atoms with Crippen molar-refractivity contribution < 1.29 is 32.5 Å². The van der Waals surface area contributed by atoms with Gasteiger partial charge in [-0.2, -0.15) is 0 Å². The number of rotatable bonds is 4. The Morgan fingerprint density at radius 1 is 1.12 bits per heavy atom. The molecule has 1 aliphatic carbocycles. The fourth-order valence-electron chi connectivity index (χ4n) is 3.97. The number of benzene rings is 1. The van der Waals surface area contributed by atoms with Crippen LogP contribution in [0.5, 0.6) is 5.75 Å². The molecule has 26 heavy (non-hydrogen) atoms. The fourth-order valence-corrected chi connectivity index (χ4v) is 3.97. The third-order valence-electron chi connectivity index (χ3n) is 5.45. The molecule has 2 aliphatic rings. The van der Waals surface area contributed by atoms with Crippen molar-refractivity contribution >= 4 is 11.6 Å². The highest BCUT2D eigenvalue weighted by Crippen LogP contribution is 2.48. The Bertz CT molecular complexity index is 651. The van der Waals surface area contributed by atoms with E-state index >= 15 is 0 Å².